The molecule has 17 heteroatoms. The largest absolute Gasteiger partial charge is 0.508 e. The normalized spacial score (nSPS) is 22.5. The second kappa shape index (κ2) is 22.8. The molecule has 0 saturated carbocycles. The summed E-state index contributed by atoms with van der Waals surface area (Å²) in [6, 6.07) is 3.63. The first kappa shape index (κ1) is 43.2. The van der Waals surface area contributed by atoms with E-state index in [9.17, 15) is 44.9 Å². The van der Waals surface area contributed by atoms with Crippen molar-refractivity contribution in [2.24, 2.45) is 0 Å². The number of aliphatic hydroxyl groups excluding tert-OH is 2. The molecule has 1 aromatic carbocycles. The van der Waals surface area contributed by atoms with Crippen molar-refractivity contribution >= 4 is 23.8 Å². The molecule has 7 unspecified atom stereocenters. The molecule has 0 spiro atoms. The lowest BCUT2D eigenvalue weighted by Crippen LogP contribution is -2.51. The number of amides is 2. The number of hydrogen-bond acceptors (Lipinski definition) is 14. The number of carboxylic acids is 1. The van der Waals surface area contributed by atoms with Crippen molar-refractivity contribution in [3.8, 4) is 5.75 Å². The third kappa shape index (κ3) is 15.4. The average Bonchev–Trinajstić information content (AvgIpc) is 3.55. The van der Waals surface area contributed by atoms with Crippen molar-refractivity contribution in [2.75, 3.05) is 19.7 Å². The molecule has 3 rings (SSSR count). The summed E-state index contributed by atoms with van der Waals surface area (Å²) in [6.45, 7) is 1.70. The second-order valence-corrected chi connectivity index (χ2v) is 12.9. The van der Waals surface area contributed by atoms with E-state index in [2.05, 4.69) is 16.0 Å². The molecule has 17 nitrogen and oxygen atoms in total. The standard InChI is InChI=1S/C36H53N5O12/c1-24(22-30(43)37-26-15-10-13-21-41(51)35(26)48)53-36(49)27(38-33(47)28-23-52-34(39-28)25-14-8-9-17-29(25)42)16-11-12-20-40(50)31(44)18-6-4-2-3-5-7-19-32(45)46/h3,5-6,8-10,14-15,17-18,24,26-28,31,34-35,39,42,44,48,50-51H,2,4,7,11-13,16,19-23H2,1H3,(H,37,43)(H,38,47)(H,45,46)/b5-3+,18-6+. The maximum atomic E-state index is 13.4. The minimum Gasteiger partial charge on any atom is -0.508 e. The number of aromatic hydroxyl groups is 1. The predicted octanol–water partition coefficient (Wildman–Crippen LogP) is 1.58. The van der Waals surface area contributed by atoms with E-state index < -0.39 is 66.7 Å². The van der Waals surface area contributed by atoms with Gasteiger partial charge in [0.1, 0.15) is 36.4 Å². The Bertz CT molecular complexity index is 1420. The number of carbonyl (C=O) groups excluding carboxylic acids is 3. The van der Waals surface area contributed by atoms with Gasteiger partial charge in [-0.1, -0.05) is 48.6 Å². The summed E-state index contributed by atoms with van der Waals surface area (Å²) in [7, 11) is 0. The van der Waals surface area contributed by atoms with Crippen molar-refractivity contribution < 1.29 is 59.5 Å². The van der Waals surface area contributed by atoms with Crippen LogP contribution in [0.4, 0.5) is 0 Å². The highest BCUT2D eigenvalue weighted by molar-refractivity contribution is 5.88. The molecule has 53 heavy (non-hydrogen) atoms. The van der Waals surface area contributed by atoms with Crippen LogP contribution in [-0.4, -0.2) is 121 Å². The quantitative estimate of drug-likeness (QED) is 0.0285. The fourth-order valence-electron chi connectivity index (χ4n) is 5.56. The summed E-state index contributed by atoms with van der Waals surface area (Å²) in [6.07, 6.45) is 8.39. The van der Waals surface area contributed by atoms with Gasteiger partial charge in [0.25, 0.3) is 0 Å². The Kier molecular flexibility index (Phi) is 18.6. The SMILES string of the molecule is CC(CC(=O)NC1C=CCCN(O)C1O)OC(=O)C(CCCCN(O)C(O)/C=C/CC/C=C/CCC(=O)O)NC(=O)C1COC(c2ccccc2O)N1. The van der Waals surface area contributed by atoms with Crippen LogP contribution in [0.1, 0.15) is 76.5 Å². The van der Waals surface area contributed by atoms with E-state index >= 15 is 0 Å². The first-order chi connectivity index (χ1) is 25.3. The van der Waals surface area contributed by atoms with E-state index in [1.165, 1.54) is 19.1 Å². The average molecular weight is 748 g/mol. The Morgan fingerprint density at radius 3 is 2.62 bits per heavy atom. The van der Waals surface area contributed by atoms with Crippen molar-refractivity contribution in [3.05, 3.63) is 66.3 Å². The van der Waals surface area contributed by atoms with E-state index in [0.717, 1.165) is 10.1 Å². The molecule has 0 aromatic heterocycles. The van der Waals surface area contributed by atoms with Gasteiger partial charge in [0.15, 0.2) is 6.23 Å². The van der Waals surface area contributed by atoms with Gasteiger partial charge in [-0.3, -0.25) is 19.7 Å². The Morgan fingerprint density at radius 1 is 1.13 bits per heavy atom. The molecule has 1 aromatic rings. The molecule has 2 heterocycles. The Labute approximate surface area is 308 Å². The molecule has 1 saturated heterocycles. The number of benzene rings is 1. The molecule has 294 valence electrons. The summed E-state index contributed by atoms with van der Waals surface area (Å²) in [5.74, 6) is -2.77. The van der Waals surface area contributed by atoms with E-state index in [4.69, 9.17) is 14.6 Å². The van der Waals surface area contributed by atoms with Crippen LogP contribution >= 0.6 is 0 Å². The number of phenolic OH excluding ortho intramolecular Hbond substituents is 1. The number of carbonyl (C=O) groups is 4. The molecule has 2 aliphatic heterocycles. The molecule has 7 atom stereocenters. The van der Waals surface area contributed by atoms with Crippen LogP contribution in [0.15, 0.2) is 60.7 Å². The molecule has 0 bridgehead atoms. The van der Waals surface area contributed by atoms with Crippen LogP contribution in [0.2, 0.25) is 0 Å². The van der Waals surface area contributed by atoms with E-state index in [1.807, 2.05) is 6.08 Å². The number of nitrogens with zero attached hydrogens (tertiary/aromatic N) is 2. The maximum Gasteiger partial charge on any atom is 0.328 e. The Morgan fingerprint density at radius 2 is 1.87 bits per heavy atom. The molecule has 2 aliphatic rings. The number of esters is 1. The molecule has 2 amide bonds. The summed E-state index contributed by atoms with van der Waals surface area (Å²) >= 11 is 0. The van der Waals surface area contributed by atoms with Crippen LogP contribution in [-0.2, 0) is 28.7 Å². The molecular formula is C36H53N5O12. The highest BCUT2D eigenvalue weighted by Gasteiger charge is 2.35. The number of nitrogens with one attached hydrogen (secondary N) is 3. The molecule has 0 aliphatic carbocycles. The van der Waals surface area contributed by atoms with Gasteiger partial charge in [0.2, 0.25) is 11.8 Å². The third-order valence-corrected chi connectivity index (χ3v) is 8.47. The topological polar surface area (TPSA) is 251 Å². The monoisotopic (exact) mass is 747 g/mol. The van der Waals surface area contributed by atoms with Crippen LogP contribution in [0.3, 0.4) is 0 Å². The van der Waals surface area contributed by atoms with Crippen molar-refractivity contribution in [2.45, 2.75) is 108 Å². The van der Waals surface area contributed by atoms with E-state index in [1.54, 1.807) is 42.5 Å². The number of aliphatic carboxylic acids is 1. The van der Waals surface area contributed by atoms with Crippen molar-refractivity contribution in [3.63, 3.8) is 0 Å². The highest BCUT2D eigenvalue weighted by atomic mass is 16.5. The highest BCUT2D eigenvalue weighted by Crippen LogP contribution is 2.28. The minimum absolute atomic E-state index is 0.00977. The van der Waals surface area contributed by atoms with Crippen LogP contribution in [0.5, 0.6) is 5.75 Å². The lowest BCUT2D eigenvalue weighted by Gasteiger charge is -2.26. The van der Waals surface area contributed by atoms with Crippen LogP contribution < -0.4 is 16.0 Å². The first-order valence-corrected chi connectivity index (χ1v) is 17.8. The van der Waals surface area contributed by atoms with Gasteiger partial charge in [-0.25, -0.2) is 4.79 Å². The number of ether oxygens (including phenoxy) is 2. The number of phenols is 1. The van der Waals surface area contributed by atoms with E-state index in [0.29, 0.717) is 44.1 Å². The molecule has 1 fully saturated rings. The second-order valence-electron chi connectivity index (χ2n) is 12.9. The van der Waals surface area contributed by atoms with Crippen LogP contribution in [0.25, 0.3) is 0 Å². The number of rotatable bonds is 21. The van der Waals surface area contributed by atoms with Gasteiger partial charge < -0.3 is 50.9 Å². The molecule has 9 N–H and O–H groups in total. The number of hydrogen-bond donors (Lipinski definition) is 9. The lowest BCUT2D eigenvalue weighted by atomic mass is 10.1. The zero-order valence-corrected chi connectivity index (χ0v) is 29.8. The summed E-state index contributed by atoms with van der Waals surface area (Å²) < 4.78 is 11.2. The Hall–Kier alpha value is -4.20. The molecule has 0 radical (unpaired) electrons. The predicted molar refractivity (Wildman–Crippen MR) is 189 cm³/mol. The number of carboxylic acid groups (broad SMARTS) is 1. The third-order valence-electron chi connectivity index (χ3n) is 8.47. The lowest BCUT2D eigenvalue weighted by molar-refractivity contribution is -0.199. The fraction of sp³-hybridized carbons (Fsp3) is 0.556. The number of hydroxylamine groups is 4. The minimum atomic E-state index is -1.36. The van der Waals surface area contributed by atoms with Gasteiger partial charge in [0, 0.05) is 25.1 Å². The van der Waals surface area contributed by atoms with Crippen molar-refractivity contribution in [1.82, 2.24) is 26.1 Å². The Balaban J connectivity index is 1.53. The summed E-state index contributed by atoms with van der Waals surface area (Å²) in [5.41, 5.74) is 0.444. The summed E-state index contributed by atoms with van der Waals surface area (Å²) in [5, 5.41) is 69.3. The van der Waals surface area contributed by atoms with Gasteiger partial charge in [-0.05, 0) is 64.0 Å². The van der Waals surface area contributed by atoms with Gasteiger partial charge >= 0.3 is 11.9 Å². The number of unbranched alkanes of at least 4 members (excludes halogenated alkanes) is 2. The number of allylic oxidation sites excluding steroid dienone is 3. The van der Waals surface area contributed by atoms with Gasteiger partial charge in [0.05, 0.1) is 19.1 Å². The fourth-order valence-corrected chi connectivity index (χ4v) is 5.56. The zero-order valence-electron chi connectivity index (χ0n) is 29.8. The number of para-hydroxylation sites is 1. The molecular weight excluding hydrogens is 694 g/mol. The first-order valence-electron chi connectivity index (χ1n) is 17.8. The van der Waals surface area contributed by atoms with Gasteiger partial charge in [-0.15, -0.1) is 0 Å². The van der Waals surface area contributed by atoms with Gasteiger partial charge in [-0.2, -0.15) is 10.1 Å². The summed E-state index contributed by atoms with van der Waals surface area (Å²) in [4.78, 5) is 49.9. The smallest absolute Gasteiger partial charge is 0.328 e. The van der Waals surface area contributed by atoms with Crippen molar-refractivity contribution in [1.29, 1.82) is 0 Å². The van der Waals surface area contributed by atoms with E-state index in [-0.39, 0.29) is 44.7 Å². The zero-order chi connectivity index (χ0) is 38.8. The number of aliphatic hydroxyl groups is 2. The van der Waals surface area contributed by atoms with Crippen LogP contribution in [0, 0.1) is 0 Å². The maximum absolute atomic E-state index is 13.4.